The molecule has 1 aromatic heterocycles. The summed E-state index contributed by atoms with van der Waals surface area (Å²) in [6, 6.07) is 9.97. The minimum Gasteiger partial charge on any atom is -0.445 e. The van der Waals surface area contributed by atoms with E-state index in [0.29, 0.717) is 18.7 Å². The zero-order valence-electron chi connectivity index (χ0n) is 9.31. The second kappa shape index (κ2) is 4.94. The summed E-state index contributed by atoms with van der Waals surface area (Å²) in [5.74, 6) is 1.53. The van der Waals surface area contributed by atoms with E-state index in [4.69, 9.17) is 9.52 Å². The zero-order valence-corrected chi connectivity index (χ0v) is 9.31. The van der Waals surface area contributed by atoms with Gasteiger partial charge in [0, 0.05) is 18.6 Å². The molecule has 16 heavy (non-hydrogen) atoms. The number of rotatable bonds is 4. The molecule has 2 rings (SSSR count). The van der Waals surface area contributed by atoms with E-state index in [2.05, 4.69) is 4.98 Å². The molecule has 0 radical (unpaired) electrons. The van der Waals surface area contributed by atoms with E-state index in [1.54, 1.807) is 0 Å². The Kier molecular flexibility index (Phi) is 3.37. The van der Waals surface area contributed by atoms with Gasteiger partial charge in [-0.2, -0.15) is 0 Å². The third-order valence-electron chi connectivity index (χ3n) is 2.44. The van der Waals surface area contributed by atoms with Gasteiger partial charge in [-0.1, -0.05) is 30.3 Å². The van der Waals surface area contributed by atoms with Crippen LogP contribution in [0.15, 0.2) is 34.7 Å². The van der Waals surface area contributed by atoms with E-state index < -0.39 is 0 Å². The lowest BCUT2D eigenvalue weighted by Crippen LogP contribution is -1.89. The van der Waals surface area contributed by atoms with Crippen molar-refractivity contribution in [3.63, 3.8) is 0 Å². The number of aliphatic hydroxyl groups is 1. The summed E-state index contributed by atoms with van der Waals surface area (Å²) >= 11 is 0. The summed E-state index contributed by atoms with van der Waals surface area (Å²) in [7, 11) is 0. The molecule has 0 aliphatic rings. The van der Waals surface area contributed by atoms with Crippen molar-refractivity contribution in [2.45, 2.75) is 19.8 Å². The van der Waals surface area contributed by atoms with Crippen molar-refractivity contribution < 1.29 is 9.52 Å². The molecule has 0 aliphatic carbocycles. The normalized spacial score (nSPS) is 10.6. The molecule has 0 atom stereocenters. The quantitative estimate of drug-likeness (QED) is 0.856. The molecule has 1 N–H and O–H groups in total. The van der Waals surface area contributed by atoms with Gasteiger partial charge in [0.15, 0.2) is 5.89 Å². The highest BCUT2D eigenvalue weighted by Crippen LogP contribution is 2.23. The Labute approximate surface area is 94.8 Å². The van der Waals surface area contributed by atoms with Crippen molar-refractivity contribution in [2.75, 3.05) is 6.61 Å². The van der Waals surface area contributed by atoms with Gasteiger partial charge in [0.2, 0.25) is 0 Å². The van der Waals surface area contributed by atoms with E-state index in [1.165, 1.54) is 0 Å². The van der Waals surface area contributed by atoms with Crippen molar-refractivity contribution >= 4 is 0 Å². The Balaban J connectivity index is 2.25. The Morgan fingerprint density at radius 1 is 1.25 bits per heavy atom. The molecular weight excluding hydrogens is 202 g/mol. The SMILES string of the molecule is Cc1oc(CCCO)nc1-c1ccccc1. The van der Waals surface area contributed by atoms with Gasteiger partial charge in [-0.15, -0.1) is 0 Å². The topological polar surface area (TPSA) is 46.3 Å². The minimum atomic E-state index is 0.169. The van der Waals surface area contributed by atoms with Crippen LogP contribution in [0.5, 0.6) is 0 Å². The van der Waals surface area contributed by atoms with Gasteiger partial charge in [0.05, 0.1) is 0 Å². The number of aliphatic hydroxyl groups excluding tert-OH is 1. The fourth-order valence-corrected chi connectivity index (χ4v) is 1.65. The third kappa shape index (κ3) is 2.31. The van der Waals surface area contributed by atoms with Gasteiger partial charge in [-0.25, -0.2) is 4.98 Å². The van der Waals surface area contributed by atoms with Crippen molar-refractivity contribution in [3.8, 4) is 11.3 Å². The summed E-state index contributed by atoms with van der Waals surface area (Å²) in [6.45, 7) is 2.08. The molecule has 0 unspecified atom stereocenters. The minimum absolute atomic E-state index is 0.169. The van der Waals surface area contributed by atoms with Crippen LogP contribution >= 0.6 is 0 Å². The van der Waals surface area contributed by atoms with Gasteiger partial charge in [0.1, 0.15) is 11.5 Å². The van der Waals surface area contributed by atoms with Gasteiger partial charge in [-0.3, -0.25) is 0 Å². The first-order chi connectivity index (χ1) is 7.81. The van der Waals surface area contributed by atoms with Crippen molar-refractivity contribution in [1.29, 1.82) is 0 Å². The standard InChI is InChI=1S/C13H15NO2/c1-10-13(11-6-3-2-4-7-11)14-12(16-10)8-5-9-15/h2-4,6-7,15H,5,8-9H2,1H3. The Hall–Kier alpha value is -1.61. The van der Waals surface area contributed by atoms with Crippen molar-refractivity contribution in [2.24, 2.45) is 0 Å². The molecule has 0 bridgehead atoms. The number of benzene rings is 1. The van der Waals surface area contributed by atoms with Gasteiger partial charge >= 0.3 is 0 Å². The Morgan fingerprint density at radius 2 is 2.00 bits per heavy atom. The predicted octanol–water partition coefficient (Wildman–Crippen LogP) is 2.57. The van der Waals surface area contributed by atoms with E-state index in [0.717, 1.165) is 17.0 Å². The summed E-state index contributed by atoms with van der Waals surface area (Å²) in [5, 5.41) is 8.75. The van der Waals surface area contributed by atoms with Crippen molar-refractivity contribution in [3.05, 3.63) is 42.0 Å². The van der Waals surface area contributed by atoms with Gasteiger partial charge in [-0.05, 0) is 13.3 Å². The first-order valence-corrected chi connectivity index (χ1v) is 5.44. The van der Waals surface area contributed by atoms with Crippen LogP contribution in [0.1, 0.15) is 18.1 Å². The molecule has 1 heterocycles. The van der Waals surface area contributed by atoms with Crippen LogP contribution in [-0.2, 0) is 6.42 Å². The lowest BCUT2D eigenvalue weighted by atomic mass is 10.1. The maximum Gasteiger partial charge on any atom is 0.195 e. The van der Waals surface area contributed by atoms with Gasteiger partial charge < -0.3 is 9.52 Å². The molecule has 0 aliphatic heterocycles. The molecule has 0 spiro atoms. The number of hydrogen-bond acceptors (Lipinski definition) is 3. The third-order valence-corrected chi connectivity index (χ3v) is 2.44. The highest BCUT2D eigenvalue weighted by atomic mass is 16.4. The first kappa shape index (κ1) is 10.9. The van der Waals surface area contributed by atoms with Crippen LogP contribution in [-0.4, -0.2) is 16.7 Å². The number of nitrogens with zero attached hydrogens (tertiary/aromatic N) is 1. The van der Waals surface area contributed by atoms with E-state index in [-0.39, 0.29) is 6.61 Å². The number of hydrogen-bond donors (Lipinski definition) is 1. The maximum atomic E-state index is 8.75. The molecule has 0 saturated carbocycles. The molecular formula is C13H15NO2. The van der Waals surface area contributed by atoms with Crippen LogP contribution < -0.4 is 0 Å². The number of aryl methyl sites for hydroxylation is 2. The van der Waals surface area contributed by atoms with Crippen LogP contribution in [0.3, 0.4) is 0 Å². The fourth-order valence-electron chi connectivity index (χ4n) is 1.65. The molecule has 3 nitrogen and oxygen atoms in total. The molecule has 0 fully saturated rings. The van der Waals surface area contributed by atoms with Crippen molar-refractivity contribution in [1.82, 2.24) is 4.98 Å². The maximum absolute atomic E-state index is 8.75. The molecule has 0 amide bonds. The monoisotopic (exact) mass is 217 g/mol. The average Bonchev–Trinajstić information content (AvgIpc) is 2.69. The van der Waals surface area contributed by atoms with Crippen LogP contribution in [0.4, 0.5) is 0 Å². The highest BCUT2D eigenvalue weighted by molar-refractivity contribution is 5.60. The first-order valence-electron chi connectivity index (χ1n) is 5.44. The molecule has 2 aromatic rings. The van der Waals surface area contributed by atoms with E-state index in [9.17, 15) is 0 Å². The number of aromatic nitrogens is 1. The number of oxazole rings is 1. The molecule has 84 valence electrons. The average molecular weight is 217 g/mol. The second-order valence-electron chi connectivity index (χ2n) is 3.71. The summed E-state index contributed by atoms with van der Waals surface area (Å²) in [5.41, 5.74) is 1.97. The second-order valence-corrected chi connectivity index (χ2v) is 3.71. The molecule has 0 saturated heterocycles. The lowest BCUT2D eigenvalue weighted by Gasteiger charge is -1.94. The van der Waals surface area contributed by atoms with Gasteiger partial charge in [0.25, 0.3) is 0 Å². The highest BCUT2D eigenvalue weighted by Gasteiger charge is 2.10. The lowest BCUT2D eigenvalue weighted by molar-refractivity contribution is 0.282. The fraction of sp³-hybridized carbons (Fsp3) is 0.308. The largest absolute Gasteiger partial charge is 0.445 e. The smallest absolute Gasteiger partial charge is 0.195 e. The van der Waals surface area contributed by atoms with Crippen LogP contribution in [0.25, 0.3) is 11.3 Å². The van der Waals surface area contributed by atoms with E-state index in [1.807, 2.05) is 37.3 Å². The zero-order chi connectivity index (χ0) is 11.4. The summed E-state index contributed by atoms with van der Waals surface area (Å²) < 4.78 is 5.55. The van der Waals surface area contributed by atoms with Crippen LogP contribution in [0, 0.1) is 6.92 Å². The Morgan fingerprint density at radius 3 is 2.69 bits per heavy atom. The molecule has 3 heteroatoms. The predicted molar refractivity (Wildman–Crippen MR) is 62.1 cm³/mol. The molecule has 1 aromatic carbocycles. The Bertz CT molecular complexity index is 448. The van der Waals surface area contributed by atoms with Crippen LogP contribution in [0.2, 0.25) is 0 Å². The summed E-state index contributed by atoms with van der Waals surface area (Å²) in [6.07, 6.45) is 1.37. The van der Waals surface area contributed by atoms with E-state index >= 15 is 0 Å². The summed E-state index contributed by atoms with van der Waals surface area (Å²) in [4.78, 5) is 4.44.